The molecule has 2 heterocycles. The first-order valence-electron chi connectivity index (χ1n) is 8.64. The smallest absolute Gasteiger partial charge is 0.235 e. The van der Waals surface area contributed by atoms with Gasteiger partial charge >= 0.3 is 0 Å². The summed E-state index contributed by atoms with van der Waals surface area (Å²) in [4.78, 5) is 13.8. The van der Waals surface area contributed by atoms with Crippen LogP contribution in [0.25, 0.3) is 11.4 Å². The third-order valence-corrected chi connectivity index (χ3v) is 5.62. The largest absolute Gasteiger partial charge is 0.376 e. The normalized spacial score (nSPS) is 18.1. The van der Waals surface area contributed by atoms with Crippen molar-refractivity contribution in [3.63, 3.8) is 0 Å². The molecule has 0 radical (unpaired) electrons. The zero-order chi connectivity index (χ0) is 18.7. The van der Waals surface area contributed by atoms with Crippen molar-refractivity contribution in [2.24, 2.45) is 0 Å². The van der Waals surface area contributed by atoms with E-state index < -0.39 is 0 Å². The number of benzene rings is 1. The molecule has 2 unspecified atom stereocenters. The number of rotatable bonds is 6. The van der Waals surface area contributed by atoms with Gasteiger partial charge in [0.15, 0.2) is 11.0 Å². The Morgan fingerprint density at radius 3 is 2.73 bits per heavy atom. The number of amides is 1. The molecule has 0 aliphatic carbocycles. The first-order chi connectivity index (χ1) is 12.5. The molecular formula is C18H23ClN4O2S. The van der Waals surface area contributed by atoms with Gasteiger partial charge < -0.3 is 9.64 Å². The number of carbonyl (C=O) groups is 1. The third-order valence-electron chi connectivity index (χ3n) is 4.30. The lowest BCUT2D eigenvalue weighted by atomic mass is 10.2. The number of aromatic nitrogens is 3. The molecule has 0 spiro atoms. The second-order valence-electron chi connectivity index (χ2n) is 6.55. The lowest BCUT2D eigenvalue weighted by Gasteiger charge is -2.18. The molecule has 1 aliphatic heterocycles. The van der Waals surface area contributed by atoms with Gasteiger partial charge in [0.25, 0.3) is 0 Å². The predicted octanol–water partition coefficient (Wildman–Crippen LogP) is 3.35. The first-order valence-corrected chi connectivity index (χ1v) is 9.90. The lowest BCUT2D eigenvalue weighted by molar-refractivity contribution is -0.127. The van der Waals surface area contributed by atoms with Crippen LogP contribution in [0.2, 0.25) is 5.02 Å². The molecule has 2 aromatic rings. The summed E-state index contributed by atoms with van der Waals surface area (Å²) in [6.45, 7) is 3.36. The highest BCUT2D eigenvalue weighted by Gasteiger charge is 2.25. The Morgan fingerprint density at radius 2 is 2.12 bits per heavy atom. The minimum atomic E-state index is -0.240. The molecule has 1 fully saturated rings. The zero-order valence-electron chi connectivity index (χ0n) is 15.2. The maximum absolute atomic E-state index is 12.2. The molecule has 1 saturated heterocycles. The van der Waals surface area contributed by atoms with Gasteiger partial charge in [-0.05, 0) is 44.0 Å². The minimum Gasteiger partial charge on any atom is -0.376 e. The number of halogens is 1. The van der Waals surface area contributed by atoms with Crippen molar-refractivity contribution in [3.8, 4) is 11.4 Å². The number of hydrogen-bond donors (Lipinski definition) is 0. The zero-order valence-corrected chi connectivity index (χ0v) is 16.8. The molecule has 1 aliphatic rings. The van der Waals surface area contributed by atoms with E-state index in [1.807, 2.05) is 31.2 Å². The van der Waals surface area contributed by atoms with Gasteiger partial charge in [0.05, 0.1) is 17.9 Å². The topological polar surface area (TPSA) is 60.2 Å². The van der Waals surface area contributed by atoms with Crippen molar-refractivity contribution in [3.05, 3.63) is 29.3 Å². The van der Waals surface area contributed by atoms with Crippen LogP contribution in [0.5, 0.6) is 0 Å². The Balaban J connectivity index is 1.90. The third kappa shape index (κ3) is 4.39. The van der Waals surface area contributed by atoms with Gasteiger partial charge in [-0.2, -0.15) is 0 Å². The van der Waals surface area contributed by atoms with Crippen molar-refractivity contribution in [2.75, 3.05) is 20.7 Å². The average molecular weight is 395 g/mol. The molecule has 0 bridgehead atoms. The molecule has 140 valence electrons. The summed E-state index contributed by atoms with van der Waals surface area (Å²) >= 11 is 7.43. The standard InChI is InChI=1S/C18H23ClN4O2S/c1-12(17(24)22(2)3)26-18-21-20-16(13-6-8-14(19)9-7-13)23(18)11-15-5-4-10-25-15/h6-9,12,15H,4-5,10-11H2,1-3H3. The van der Waals surface area contributed by atoms with Crippen LogP contribution in [0, 0.1) is 0 Å². The average Bonchev–Trinajstić information content (AvgIpc) is 3.26. The maximum Gasteiger partial charge on any atom is 0.235 e. The van der Waals surface area contributed by atoms with Crippen molar-refractivity contribution in [1.29, 1.82) is 0 Å². The molecule has 1 aromatic heterocycles. The van der Waals surface area contributed by atoms with E-state index in [0.29, 0.717) is 11.6 Å². The van der Waals surface area contributed by atoms with Crippen LogP contribution in [-0.4, -0.2) is 57.6 Å². The molecular weight excluding hydrogens is 372 g/mol. The van der Waals surface area contributed by atoms with Crippen LogP contribution in [0.4, 0.5) is 0 Å². The molecule has 8 heteroatoms. The van der Waals surface area contributed by atoms with E-state index in [-0.39, 0.29) is 17.3 Å². The Hall–Kier alpha value is -1.57. The summed E-state index contributed by atoms with van der Waals surface area (Å²) in [5.41, 5.74) is 0.943. The van der Waals surface area contributed by atoms with E-state index in [0.717, 1.165) is 36.0 Å². The summed E-state index contributed by atoms with van der Waals surface area (Å²) in [5, 5.41) is 9.91. The van der Waals surface area contributed by atoms with Crippen LogP contribution < -0.4 is 0 Å². The van der Waals surface area contributed by atoms with E-state index in [2.05, 4.69) is 14.8 Å². The summed E-state index contributed by atoms with van der Waals surface area (Å²) in [6.07, 6.45) is 2.24. The van der Waals surface area contributed by atoms with Crippen molar-refractivity contribution in [2.45, 2.75) is 42.8 Å². The minimum absolute atomic E-state index is 0.0507. The highest BCUT2D eigenvalue weighted by molar-refractivity contribution is 8.00. The Morgan fingerprint density at radius 1 is 1.38 bits per heavy atom. The van der Waals surface area contributed by atoms with Crippen LogP contribution in [0.3, 0.4) is 0 Å². The number of nitrogens with zero attached hydrogens (tertiary/aromatic N) is 4. The van der Waals surface area contributed by atoms with Gasteiger partial charge in [0, 0.05) is 31.3 Å². The molecule has 3 rings (SSSR count). The summed E-state index contributed by atoms with van der Waals surface area (Å²) < 4.78 is 7.86. The number of hydrogen-bond acceptors (Lipinski definition) is 5. The molecule has 26 heavy (non-hydrogen) atoms. The quantitative estimate of drug-likeness (QED) is 0.703. The monoisotopic (exact) mass is 394 g/mol. The van der Waals surface area contributed by atoms with Gasteiger partial charge in [0.2, 0.25) is 5.91 Å². The number of ether oxygens (including phenoxy) is 1. The molecule has 0 saturated carbocycles. The molecule has 6 nitrogen and oxygen atoms in total. The van der Waals surface area contributed by atoms with Crippen molar-refractivity contribution >= 4 is 29.3 Å². The first kappa shape index (κ1) is 19.2. The van der Waals surface area contributed by atoms with Crippen LogP contribution >= 0.6 is 23.4 Å². The summed E-state index contributed by atoms with van der Waals surface area (Å²) in [5.74, 6) is 0.818. The summed E-state index contributed by atoms with van der Waals surface area (Å²) in [6, 6.07) is 7.54. The fourth-order valence-corrected chi connectivity index (χ4v) is 4.05. The fraction of sp³-hybridized carbons (Fsp3) is 0.500. The fourth-order valence-electron chi connectivity index (χ4n) is 2.92. The van der Waals surface area contributed by atoms with E-state index in [9.17, 15) is 4.79 Å². The van der Waals surface area contributed by atoms with Gasteiger partial charge in [0.1, 0.15) is 0 Å². The predicted molar refractivity (Wildman–Crippen MR) is 103 cm³/mol. The second kappa shape index (κ2) is 8.41. The highest BCUT2D eigenvalue weighted by atomic mass is 35.5. The SMILES string of the molecule is CC(Sc1nnc(-c2ccc(Cl)cc2)n1CC1CCCO1)C(=O)N(C)C. The molecule has 1 aromatic carbocycles. The molecule has 0 N–H and O–H groups in total. The van der Waals surface area contributed by atoms with E-state index in [1.165, 1.54) is 11.8 Å². The van der Waals surface area contributed by atoms with Gasteiger partial charge in [-0.15, -0.1) is 10.2 Å². The highest BCUT2D eigenvalue weighted by Crippen LogP contribution is 2.29. The van der Waals surface area contributed by atoms with Crippen LogP contribution in [-0.2, 0) is 16.1 Å². The van der Waals surface area contributed by atoms with Gasteiger partial charge in [-0.25, -0.2) is 0 Å². The van der Waals surface area contributed by atoms with Crippen molar-refractivity contribution < 1.29 is 9.53 Å². The van der Waals surface area contributed by atoms with E-state index in [4.69, 9.17) is 16.3 Å². The Labute approximate surface area is 162 Å². The van der Waals surface area contributed by atoms with E-state index in [1.54, 1.807) is 19.0 Å². The van der Waals surface area contributed by atoms with E-state index >= 15 is 0 Å². The summed E-state index contributed by atoms with van der Waals surface area (Å²) in [7, 11) is 3.52. The second-order valence-corrected chi connectivity index (χ2v) is 8.30. The Kier molecular flexibility index (Phi) is 6.21. The van der Waals surface area contributed by atoms with Gasteiger partial charge in [-0.3, -0.25) is 9.36 Å². The molecule has 2 atom stereocenters. The molecule has 1 amide bonds. The lowest BCUT2D eigenvalue weighted by Crippen LogP contribution is -2.30. The number of carbonyl (C=O) groups excluding carboxylic acids is 1. The van der Waals surface area contributed by atoms with Crippen LogP contribution in [0.15, 0.2) is 29.4 Å². The van der Waals surface area contributed by atoms with Crippen molar-refractivity contribution in [1.82, 2.24) is 19.7 Å². The van der Waals surface area contributed by atoms with Gasteiger partial charge in [-0.1, -0.05) is 23.4 Å². The maximum atomic E-state index is 12.2. The van der Waals surface area contributed by atoms with Crippen LogP contribution in [0.1, 0.15) is 19.8 Å². The number of thioether (sulfide) groups is 1. The Bertz CT molecular complexity index is 757.